The molecule has 0 aromatic carbocycles. The van der Waals surface area contributed by atoms with Gasteiger partial charge in [0, 0.05) is 0 Å². The minimum atomic E-state index is -0.605. The lowest BCUT2D eigenvalue weighted by atomic mass is 9.80. The second-order valence-corrected chi connectivity index (χ2v) is 5.44. The summed E-state index contributed by atoms with van der Waals surface area (Å²) in [4.78, 5) is 17.8. The van der Waals surface area contributed by atoms with Crippen LogP contribution >= 0.6 is 11.6 Å². The SMILES string of the molecule is CC1CCC(Oc2ncnc(Cl)c2[N+](=O)[O-])CC1C. The molecule has 1 aromatic heterocycles. The Kier molecular flexibility index (Phi) is 4.19. The highest BCUT2D eigenvalue weighted by atomic mass is 35.5. The Hall–Kier alpha value is -1.43. The molecule has 1 saturated carbocycles. The zero-order valence-corrected chi connectivity index (χ0v) is 11.6. The van der Waals surface area contributed by atoms with E-state index in [9.17, 15) is 10.1 Å². The van der Waals surface area contributed by atoms with Crippen molar-refractivity contribution in [3.05, 3.63) is 21.6 Å². The highest BCUT2D eigenvalue weighted by molar-refractivity contribution is 6.31. The molecule has 0 bridgehead atoms. The van der Waals surface area contributed by atoms with Gasteiger partial charge in [-0.25, -0.2) is 4.98 Å². The molecule has 7 heteroatoms. The van der Waals surface area contributed by atoms with Crippen LogP contribution in [0.25, 0.3) is 0 Å². The molecule has 0 saturated heterocycles. The lowest BCUT2D eigenvalue weighted by Gasteiger charge is -2.31. The standard InChI is InChI=1S/C12H16ClN3O3/c1-7-3-4-9(5-8(7)2)19-12-10(16(17)18)11(13)14-6-15-12/h6-9H,3-5H2,1-2H3. The maximum Gasteiger partial charge on any atom is 0.367 e. The van der Waals surface area contributed by atoms with Gasteiger partial charge in [-0.1, -0.05) is 25.4 Å². The van der Waals surface area contributed by atoms with E-state index in [1.807, 2.05) is 0 Å². The molecule has 0 radical (unpaired) electrons. The van der Waals surface area contributed by atoms with E-state index in [0.717, 1.165) is 19.3 Å². The van der Waals surface area contributed by atoms with Crippen molar-refractivity contribution in [2.75, 3.05) is 0 Å². The van der Waals surface area contributed by atoms with Gasteiger partial charge in [-0.05, 0) is 31.1 Å². The van der Waals surface area contributed by atoms with Crippen molar-refractivity contribution in [3.63, 3.8) is 0 Å². The number of hydrogen-bond acceptors (Lipinski definition) is 5. The van der Waals surface area contributed by atoms with Gasteiger partial charge in [0.05, 0.1) is 4.92 Å². The Morgan fingerprint density at radius 1 is 1.37 bits per heavy atom. The van der Waals surface area contributed by atoms with Crippen molar-refractivity contribution >= 4 is 17.3 Å². The average molecular weight is 286 g/mol. The first-order valence-corrected chi connectivity index (χ1v) is 6.68. The summed E-state index contributed by atoms with van der Waals surface area (Å²) >= 11 is 5.72. The monoisotopic (exact) mass is 285 g/mol. The predicted octanol–water partition coefficient (Wildman–Crippen LogP) is 3.24. The Labute approximate surface area is 116 Å². The third-order valence-corrected chi connectivity index (χ3v) is 4.03. The minimum absolute atomic E-state index is 0.0308. The summed E-state index contributed by atoms with van der Waals surface area (Å²) in [5.41, 5.74) is -0.351. The van der Waals surface area contributed by atoms with Gasteiger partial charge in [0.2, 0.25) is 5.15 Å². The van der Waals surface area contributed by atoms with Crippen molar-refractivity contribution in [2.45, 2.75) is 39.2 Å². The Balaban J connectivity index is 2.15. The Bertz CT molecular complexity index is 483. The summed E-state index contributed by atoms with van der Waals surface area (Å²) in [6.07, 6.45) is 3.94. The smallest absolute Gasteiger partial charge is 0.367 e. The molecule has 1 heterocycles. The van der Waals surface area contributed by atoms with Gasteiger partial charge in [0.1, 0.15) is 12.4 Å². The molecule has 0 N–H and O–H groups in total. The molecule has 3 unspecified atom stereocenters. The van der Waals surface area contributed by atoms with Gasteiger partial charge in [-0.2, -0.15) is 4.98 Å². The first-order valence-electron chi connectivity index (χ1n) is 6.30. The molecule has 19 heavy (non-hydrogen) atoms. The number of rotatable bonds is 3. The van der Waals surface area contributed by atoms with Crippen LogP contribution in [0.5, 0.6) is 5.88 Å². The van der Waals surface area contributed by atoms with Crippen LogP contribution in [0, 0.1) is 22.0 Å². The third-order valence-electron chi connectivity index (χ3n) is 3.75. The fourth-order valence-electron chi connectivity index (χ4n) is 2.35. The van der Waals surface area contributed by atoms with Crippen LogP contribution in [0.15, 0.2) is 6.33 Å². The van der Waals surface area contributed by atoms with Crippen molar-refractivity contribution in [2.24, 2.45) is 11.8 Å². The number of nitro groups is 1. The maximum absolute atomic E-state index is 11.0. The first kappa shape index (κ1) is 14.0. The summed E-state index contributed by atoms with van der Waals surface area (Å²) in [6.45, 7) is 4.38. The van der Waals surface area contributed by atoms with Gasteiger partial charge in [-0.3, -0.25) is 10.1 Å². The summed E-state index contributed by atoms with van der Waals surface area (Å²) in [7, 11) is 0. The Morgan fingerprint density at radius 3 is 2.74 bits per heavy atom. The van der Waals surface area contributed by atoms with E-state index < -0.39 is 4.92 Å². The Morgan fingerprint density at radius 2 is 2.11 bits per heavy atom. The van der Waals surface area contributed by atoms with Crippen molar-refractivity contribution < 1.29 is 9.66 Å². The van der Waals surface area contributed by atoms with Crippen LogP contribution < -0.4 is 4.74 Å². The fraction of sp³-hybridized carbons (Fsp3) is 0.667. The zero-order valence-electron chi connectivity index (χ0n) is 10.9. The maximum atomic E-state index is 11.0. The quantitative estimate of drug-likeness (QED) is 0.484. The molecule has 1 aromatic rings. The number of aromatic nitrogens is 2. The van der Waals surface area contributed by atoms with Crippen molar-refractivity contribution in [1.29, 1.82) is 0 Å². The van der Waals surface area contributed by atoms with E-state index >= 15 is 0 Å². The number of hydrogen-bond donors (Lipinski definition) is 0. The highest BCUT2D eigenvalue weighted by Gasteiger charge is 2.30. The number of nitrogens with zero attached hydrogens (tertiary/aromatic N) is 3. The predicted molar refractivity (Wildman–Crippen MR) is 70.3 cm³/mol. The van der Waals surface area contributed by atoms with E-state index in [-0.39, 0.29) is 22.8 Å². The van der Waals surface area contributed by atoms with Gasteiger partial charge in [-0.15, -0.1) is 0 Å². The average Bonchev–Trinajstić information content (AvgIpc) is 2.33. The van der Waals surface area contributed by atoms with Gasteiger partial charge in [0.15, 0.2) is 0 Å². The van der Waals surface area contributed by atoms with Gasteiger partial charge in [0.25, 0.3) is 5.88 Å². The molecule has 2 rings (SSSR count). The zero-order chi connectivity index (χ0) is 14.0. The molecule has 3 atom stereocenters. The molecular formula is C12H16ClN3O3. The van der Waals surface area contributed by atoms with Crippen LogP contribution in [0.2, 0.25) is 5.15 Å². The summed E-state index contributed by atoms with van der Waals surface area (Å²) in [5, 5.41) is 10.8. The van der Waals surface area contributed by atoms with Crippen LogP contribution in [-0.2, 0) is 0 Å². The van der Waals surface area contributed by atoms with E-state index in [1.165, 1.54) is 6.33 Å². The lowest BCUT2D eigenvalue weighted by Crippen LogP contribution is -2.29. The van der Waals surface area contributed by atoms with E-state index in [2.05, 4.69) is 23.8 Å². The third kappa shape index (κ3) is 3.12. The normalized spacial score (nSPS) is 27.0. The largest absolute Gasteiger partial charge is 0.469 e. The topological polar surface area (TPSA) is 78.2 Å². The second-order valence-electron chi connectivity index (χ2n) is 5.08. The molecule has 1 aliphatic rings. The summed E-state index contributed by atoms with van der Waals surface area (Å²) < 4.78 is 5.67. The van der Waals surface area contributed by atoms with Crippen molar-refractivity contribution in [3.8, 4) is 5.88 Å². The molecule has 0 aliphatic heterocycles. The molecule has 104 valence electrons. The number of halogens is 1. The highest BCUT2D eigenvalue weighted by Crippen LogP contribution is 2.35. The second kappa shape index (κ2) is 5.69. The summed E-state index contributed by atoms with van der Waals surface area (Å²) in [6, 6.07) is 0. The summed E-state index contributed by atoms with van der Waals surface area (Å²) in [5.74, 6) is 1.16. The van der Waals surface area contributed by atoms with Crippen LogP contribution in [0.3, 0.4) is 0 Å². The van der Waals surface area contributed by atoms with Crippen LogP contribution in [0.1, 0.15) is 33.1 Å². The molecule has 1 fully saturated rings. The molecule has 1 aliphatic carbocycles. The number of ether oxygens (including phenoxy) is 1. The van der Waals surface area contributed by atoms with Crippen LogP contribution in [0.4, 0.5) is 5.69 Å². The fourth-order valence-corrected chi connectivity index (χ4v) is 2.54. The van der Waals surface area contributed by atoms with Gasteiger partial charge < -0.3 is 4.74 Å². The van der Waals surface area contributed by atoms with Gasteiger partial charge >= 0.3 is 5.69 Å². The van der Waals surface area contributed by atoms with E-state index in [0.29, 0.717) is 11.8 Å². The molecule has 0 amide bonds. The molecule has 6 nitrogen and oxygen atoms in total. The molecular weight excluding hydrogens is 270 g/mol. The van der Waals surface area contributed by atoms with E-state index in [4.69, 9.17) is 16.3 Å². The van der Waals surface area contributed by atoms with Crippen molar-refractivity contribution in [1.82, 2.24) is 9.97 Å². The lowest BCUT2D eigenvalue weighted by molar-refractivity contribution is -0.386. The van der Waals surface area contributed by atoms with E-state index in [1.54, 1.807) is 0 Å². The molecule has 0 spiro atoms. The minimum Gasteiger partial charge on any atom is -0.469 e. The first-order chi connectivity index (χ1) is 8.99. The van der Waals surface area contributed by atoms with Crippen LogP contribution in [-0.4, -0.2) is 21.0 Å².